The molecule has 2 atom stereocenters. The van der Waals surface area contributed by atoms with Gasteiger partial charge in [0, 0.05) is 42.6 Å². The van der Waals surface area contributed by atoms with Gasteiger partial charge in [-0.1, -0.05) is 30.3 Å². The summed E-state index contributed by atoms with van der Waals surface area (Å²) < 4.78 is 2.29. The van der Waals surface area contributed by atoms with E-state index in [1.807, 2.05) is 24.4 Å². The molecule has 0 bridgehead atoms. The van der Waals surface area contributed by atoms with E-state index < -0.39 is 0 Å². The fourth-order valence-corrected chi connectivity index (χ4v) is 5.08. The highest BCUT2D eigenvalue weighted by Gasteiger charge is 2.40. The highest BCUT2D eigenvalue weighted by Crippen LogP contribution is 2.39. The van der Waals surface area contributed by atoms with E-state index >= 15 is 0 Å². The largest absolute Gasteiger partial charge is 0.385 e. The van der Waals surface area contributed by atoms with Gasteiger partial charge in [-0.25, -0.2) is 0 Å². The molecule has 1 aliphatic heterocycles. The first-order chi connectivity index (χ1) is 17.1. The standard InChI is InChI=1S/C29H31N5S/c1-21-14-15-24(20-22(21)2)33-18-8-13-26(33)28-27(25-12-6-7-16-31-25)32-29(35)34(28)19-9-17-30-23-10-4-3-5-11-23/h3-8,10-16,18,20,27-28,30H,9,17,19H2,1-2H3,(H,32,35). The van der Waals surface area contributed by atoms with E-state index in [1.54, 1.807) is 0 Å². The number of para-hydroxylation sites is 1. The van der Waals surface area contributed by atoms with Gasteiger partial charge < -0.3 is 20.1 Å². The lowest BCUT2D eigenvalue weighted by molar-refractivity contribution is 0.307. The molecule has 4 aromatic rings. The van der Waals surface area contributed by atoms with Crippen LogP contribution in [-0.4, -0.2) is 32.7 Å². The maximum absolute atomic E-state index is 5.87. The minimum atomic E-state index is -0.0222. The van der Waals surface area contributed by atoms with Crippen LogP contribution in [0.1, 0.15) is 41.0 Å². The number of hydrogen-bond donors (Lipinski definition) is 2. The molecule has 3 heterocycles. The first-order valence-electron chi connectivity index (χ1n) is 12.1. The van der Waals surface area contributed by atoms with Gasteiger partial charge in [-0.05, 0) is 92.1 Å². The van der Waals surface area contributed by atoms with Crippen LogP contribution in [0.2, 0.25) is 0 Å². The van der Waals surface area contributed by atoms with Crippen molar-refractivity contribution < 1.29 is 0 Å². The second kappa shape index (κ2) is 10.3. The third-order valence-corrected chi connectivity index (χ3v) is 7.08. The van der Waals surface area contributed by atoms with Gasteiger partial charge in [0.05, 0.1) is 17.8 Å². The summed E-state index contributed by atoms with van der Waals surface area (Å²) in [5.74, 6) is 0. The predicted octanol–water partition coefficient (Wildman–Crippen LogP) is 5.96. The molecule has 0 spiro atoms. The lowest BCUT2D eigenvalue weighted by Crippen LogP contribution is -2.32. The van der Waals surface area contributed by atoms with Crippen molar-refractivity contribution in [2.75, 3.05) is 18.4 Å². The number of aromatic nitrogens is 2. The van der Waals surface area contributed by atoms with Crippen LogP contribution in [0.3, 0.4) is 0 Å². The molecule has 2 aromatic heterocycles. The Kier molecular flexibility index (Phi) is 6.82. The van der Waals surface area contributed by atoms with Gasteiger partial charge in [0.2, 0.25) is 0 Å². The summed E-state index contributed by atoms with van der Waals surface area (Å²) in [6, 6.07) is 27.4. The number of anilines is 1. The first-order valence-corrected chi connectivity index (χ1v) is 12.5. The summed E-state index contributed by atoms with van der Waals surface area (Å²) in [6.45, 7) is 6.04. The van der Waals surface area contributed by atoms with Crippen molar-refractivity contribution >= 4 is 23.0 Å². The number of thiocarbonyl (C=S) groups is 1. The van der Waals surface area contributed by atoms with Crippen LogP contribution in [0.4, 0.5) is 5.69 Å². The van der Waals surface area contributed by atoms with Gasteiger partial charge in [-0.2, -0.15) is 0 Å². The monoisotopic (exact) mass is 481 g/mol. The summed E-state index contributed by atoms with van der Waals surface area (Å²) in [5.41, 5.74) is 7.08. The third kappa shape index (κ3) is 4.93. The van der Waals surface area contributed by atoms with Crippen LogP contribution >= 0.6 is 12.2 Å². The number of nitrogens with one attached hydrogen (secondary N) is 2. The number of hydrogen-bond acceptors (Lipinski definition) is 3. The zero-order valence-electron chi connectivity index (χ0n) is 20.2. The molecule has 1 aliphatic rings. The zero-order valence-corrected chi connectivity index (χ0v) is 21.0. The second-order valence-corrected chi connectivity index (χ2v) is 9.42. The molecule has 178 valence electrons. The molecule has 2 N–H and O–H groups in total. The molecule has 2 aromatic carbocycles. The second-order valence-electron chi connectivity index (χ2n) is 9.04. The normalized spacial score (nSPS) is 17.4. The van der Waals surface area contributed by atoms with Crippen LogP contribution in [0.25, 0.3) is 5.69 Å². The number of pyridine rings is 1. The van der Waals surface area contributed by atoms with E-state index in [-0.39, 0.29) is 12.1 Å². The van der Waals surface area contributed by atoms with Crippen LogP contribution < -0.4 is 10.6 Å². The topological polar surface area (TPSA) is 45.1 Å². The Bertz CT molecular complexity index is 1280. The Hall–Kier alpha value is -3.64. The molecule has 0 saturated carbocycles. The molecule has 5 nitrogen and oxygen atoms in total. The van der Waals surface area contributed by atoms with Gasteiger partial charge in [-0.15, -0.1) is 0 Å². The van der Waals surface area contributed by atoms with Gasteiger partial charge in [-0.3, -0.25) is 4.98 Å². The van der Waals surface area contributed by atoms with E-state index in [0.29, 0.717) is 0 Å². The quantitative estimate of drug-likeness (QED) is 0.240. The lowest BCUT2D eigenvalue weighted by atomic mass is 10.0. The molecule has 35 heavy (non-hydrogen) atoms. The zero-order chi connectivity index (χ0) is 24.2. The van der Waals surface area contributed by atoms with E-state index in [4.69, 9.17) is 12.2 Å². The van der Waals surface area contributed by atoms with E-state index in [2.05, 4.69) is 106 Å². The minimum Gasteiger partial charge on any atom is -0.385 e. The van der Waals surface area contributed by atoms with Crippen LogP contribution in [0.5, 0.6) is 0 Å². The maximum Gasteiger partial charge on any atom is 0.170 e. The fraction of sp³-hybridized carbons (Fsp3) is 0.241. The number of aryl methyl sites for hydroxylation is 2. The van der Waals surface area contributed by atoms with E-state index in [9.17, 15) is 0 Å². The Balaban J connectivity index is 1.44. The van der Waals surface area contributed by atoms with Crippen LogP contribution in [0, 0.1) is 13.8 Å². The number of nitrogens with zero attached hydrogens (tertiary/aromatic N) is 3. The SMILES string of the molecule is Cc1ccc(-n2cccc2C2C(c3ccccn3)NC(=S)N2CCCNc2ccccc2)cc1C. The maximum atomic E-state index is 5.87. The summed E-state index contributed by atoms with van der Waals surface area (Å²) in [7, 11) is 0. The number of rotatable bonds is 8. The van der Waals surface area contributed by atoms with Gasteiger partial charge in [0.15, 0.2) is 5.11 Å². The highest BCUT2D eigenvalue weighted by molar-refractivity contribution is 7.80. The van der Waals surface area contributed by atoms with Crippen LogP contribution in [-0.2, 0) is 0 Å². The van der Waals surface area contributed by atoms with Crippen LogP contribution in [0.15, 0.2) is 91.3 Å². The van der Waals surface area contributed by atoms with Crippen molar-refractivity contribution in [1.82, 2.24) is 19.8 Å². The van der Waals surface area contributed by atoms with Crippen molar-refractivity contribution in [1.29, 1.82) is 0 Å². The van der Waals surface area contributed by atoms with Crippen molar-refractivity contribution in [2.24, 2.45) is 0 Å². The molecule has 0 aliphatic carbocycles. The average Bonchev–Trinajstić information content (AvgIpc) is 3.49. The summed E-state index contributed by atoms with van der Waals surface area (Å²) >= 11 is 5.87. The van der Waals surface area contributed by atoms with Crippen molar-refractivity contribution in [3.8, 4) is 5.69 Å². The van der Waals surface area contributed by atoms with Crippen molar-refractivity contribution in [3.05, 3.63) is 114 Å². The molecular formula is C29H31N5S. The molecule has 0 radical (unpaired) electrons. The smallest absolute Gasteiger partial charge is 0.170 e. The Morgan fingerprint density at radius 3 is 2.54 bits per heavy atom. The molecular weight excluding hydrogens is 450 g/mol. The van der Waals surface area contributed by atoms with E-state index in [0.717, 1.165) is 41.7 Å². The van der Waals surface area contributed by atoms with E-state index in [1.165, 1.54) is 16.8 Å². The average molecular weight is 482 g/mol. The number of benzene rings is 2. The third-order valence-electron chi connectivity index (χ3n) is 6.73. The molecule has 0 amide bonds. The predicted molar refractivity (Wildman–Crippen MR) is 147 cm³/mol. The van der Waals surface area contributed by atoms with Crippen molar-refractivity contribution in [3.63, 3.8) is 0 Å². The fourth-order valence-electron chi connectivity index (χ4n) is 4.75. The molecule has 5 rings (SSSR count). The Morgan fingerprint density at radius 2 is 1.77 bits per heavy atom. The summed E-state index contributed by atoms with van der Waals surface area (Å²) in [5, 5.41) is 7.87. The lowest BCUT2D eigenvalue weighted by Gasteiger charge is -2.29. The first kappa shape index (κ1) is 23.1. The summed E-state index contributed by atoms with van der Waals surface area (Å²) in [6.07, 6.45) is 4.96. The van der Waals surface area contributed by atoms with Crippen molar-refractivity contribution in [2.45, 2.75) is 32.4 Å². The molecule has 6 heteroatoms. The molecule has 1 fully saturated rings. The minimum absolute atomic E-state index is 0.0222. The van der Waals surface area contributed by atoms with Gasteiger partial charge >= 0.3 is 0 Å². The van der Waals surface area contributed by atoms with Gasteiger partial charge in [0.25, 0.3) is 0 Å². The highest BCUT2D eigenvalue weighted by atomic mass is 32.1. The Morgan fingerprint density at radius 1 is 0.943 bits per heavy atom. The summed E-state index contributed by atoms with van der Waals surface area (Å²) in [4.78, 5) is 7.01. The van der Waals surface area contributed by atoms with Gasteiger partial charge in [0.1, 0.15) is 0 Å². The molecule has 2 unspecified atom stereocenters. The Labute approximate surface area is 212 Å². The molecule has 1 saturated heterocycles.